The third kappa shape index (κ3) is 6.08. The third-order valence-corrected chi connectivity index (χ3v) is 6.70. The Morgan fingerprint density at radius 1 is 1.21 bits per heavy atom. The van der Waals surface area contributed by atoms with Crippen LogP contribution >= 0.6 is 0 Å². The fourth-order valence-corrected chi connectivity index (χ4v) is 4.98. The lowest BCUT2D eigenvalue weighted by Gasteiger charge is -2.21. The molecule has 1 aromatic carbocycles. The van der Waals surface area contributed by atoms with Crippen LogP contribution in [0, 0.1) is 5.92 Å². The van der Waals surface area contributed by atoms with Gasteiger partial charge in [-0.3, -0.25) is 19.3 Å². The number of amides is 1. The minimum Gasteiger partial charge on any atom is -0.455 e. The lowest BCUT2D eigenvalue weighted by atomic mass is 9.98. The van der Waals surface area contributed by atoms with E-state index in [1.165, 1.54) is 16.9 Å². The minimum atomic E-state index is -0.943. The zero-order valence-electron chi connectivity index (χ0n) is 21.6. The van der Waals surface area contributed by atoms with Crippen molar-refractivity contribution in [3.05, 3.63) is 71.4 Å². The zero-order valence-corrected chi connectivity index (χ0v) is 21.6. The molecule has 4 aromatic rings. The van der Waals surface area contributed by atoms with E-state index >= 15 is 0 Å². The summed E-state index contributed by atoms with van der Waals surface area (Å²) >= 11 is 0. The van der Waals surface area contributed by atoms with Crippen LogP contribution in [-0.4, -0.2) is 41.2 Å². The number of hydrogen-bond donors (Lipinski definition) is 2. The summed E-state index contributed by atoms with van der Waals surface area (Å²) in [5.41, 5.74) is -0.585. The number of fused-ring (bicyclic) bond motifs is 1. The van der Waals surface area contributed by atoms with Crippen LogP contribution in [-0.2, 0) is 11.3 Å². The average Bonchev–Trinajstić information content (AvgIpc) is 3.54. The zero-order chi connectivity index (χ0) is 26.7. The molecular weight excluding hydrogens is 484 g/mol. The van der Waals surface area contributed by atoms with E-state index in [-0.39, 0.29) is 18.2 Å². The molecule has 0 radical (unpaired) electrons. The van der Waals surface area contributed by atoms with E-state index in [4.69, 9.17) is 4.74 Å². The Morgan fingerprint density at radius 2 is 2.03 bits per heavy atom. The molecule has 1 aliphatic rings. The first-order valence-electron chi connectivity index (χ1n) is 12.9. The van der Waals surface area contributed by atoms with Gasteiger partial charge < -0.3 is 15.2 Å². The number of aromatic nitrogens is 5. The molecule has 10 nitrogen and oxygen atoms in total. The number of aliphatic hydroxyl groups is 1. The van der Waals surface area contributed by atoms with E-state index in [9.17, 15) is 14.7 Å². The second-order valence-corrected chi connectivity index (χ2v) is 10.5. The van der Waals surface area contributed by atoms with Gasteiger partial charge in [-0.2, -0.15) is 10.2 Å². The molecule has 10 heteroatoms. The number of carbonyl (C=O) groups excluding carboxylic acids is 1. The quantitative estimate of drug-likeness (QED) is 0.340. The lowest BCUT2D eigenvalue weighted by Crippen LogP contribution is -2.36. The molecule has 1 atom stereocenters. The fourth-order valence-electron chi connectivity index (χ4n) is 4.98. The number of rotatable bonds is 9. The van der Waals surface area contributed by atoms with Gasteiger partial charge in [-0.1, -0.05) is 31.7 Å². The Balaban J connectivity index is 1.38. The van der Waals surface area contributed by atoms with E-state index in [2.05, 4.69) is 20.5 Å². The lowest BCUT2D eigenvalue weighted by molar-refractivity contribution is -0.120. The van der Waals surface area contributed by atoms with Gasteiger partial charge in [-0.15, -0.1) is 0 Å². The number of nitrogens with one attached hydrogen (secondary N) is 1. The maximum Gasteiger partial charge on any atom is 0.271 e. The topological polar surface area (TPSA) is 124 Å². The largest absolute Gasteiger partial charge is 0.455 e. The van der Waals surface area contributed by atoms with Gasteiger partial charge in [0.1, 0.15) is 11.8 Å². The fraction of sp³-hybridized carbons (Fsp3) is 0.393. The molecule has 0 saturated heterocycles. The summed E-state index contributed by atoms with van der Waals surface area (Å²) in [6.45, 7) is 3.66. The molecule has 1 aliphatic carbocycles. The van der Waals surface area contributed by atoms with Crippen LogP contribution in [0.3, 0.4) is 0 Å². The summed E-state index contributed by atoms with van der Waals surface area (Å²) < 4.78 is 8.80. The van der Waals surface area contributed by atoms with E-state index in [1.807, 2.05) is 30.3 Å². The van der Waals surface area contributed by atoms with Crippen molar-refractivity contribution in [2.24, 2.45) is 5.92 Å². The molecule has 0 bridgehead atoms. The average molecular weight is 517 g/mol. The van der Waals surface area contributed by atoms with Crippen molar-refractivity contribution in [2.45, 2.75) is 64.1 Å². The van der Waals surface area contributed by atoms with Gasteiger partial charge in [0, 0.05) is 29.9 Å². The monoisotopic (exact) mass is 516 g/mol. The molecule has 1 saturated carbocycles. The highest BCUT2D eigenvalue weighted by Crippen LogP contribution is 2.32. The van der Waals surface area contributed by atoms with Gasteiger partial charge in [0.2, 0.25) is 0 Å². The number of benzene rings is 1. The second-order valence-electron chi connectivity index (χ2n) is 10.5. The molecule has 1 fully saturated rings. The smallest absolute Gasteiger partial charge is 0.271 e. The van der Waals surface area contributed by atoms with E-state index in [0.717, 1.165) is 36.6 Å². The first-order valence-corrected chi connectivity index (χ1v) is 12.9. The van der Waals surface area contributed by atoms with Crippen LogP contribution in [0.1, 0.15) is 52.0 Å². The van der Waals surface area contributed by atoms with Gasteiger partial charge >= 0.3 is 0 Å². The van der Waals surface area contributed by atoms with Crippen LogP contribution in [0.5, 0.6) is 11.5 Å². The third-order valence-electron chi connectivity index (χ3n) is 6.70. The van der Waals surface area contributed by atoms with Crippen molar-refractivity contribution < 1.29 is 14.6 Å². The Hall–Kier alpha value is -4.05. The first-order chi connectivity index (χ1) is 18.2. The molecule has 3 heterocycles. The number of nitrogens with zero attached hydrogens (tertiary/aromatic N) is 5. The Morgan fingerprint density at radius 3 is 2.79 bits per heavy atom. The summed E-state index contributed by atoms with van der Waals surface area (Å²) in [5, 5.41) is 22.4. The van der Waals surface area contributed by atoms with Crippen LogP contribution in [0.2, 0.25) is 0 Å². The van der Waals surface area contributed by atoms with Crippen LogP contribution in [0.4, 0.5) is 5.82 Å². The minimum absolute atomic E-state index is 0.281. The van der Waals surface area contributed by atoms with Crippen molar-refractivity contribution in [3.8, 4) is 11.5 Å². The molecule has 38 heavy (non-hydrogen) atoms. The predicted molar refractivity (Wildman–Crippen MR) is 143 cm³/mol. The Labute approximate surface area is 220 Å². The molecular formula is C28H32N6O4. The molecule has 3 aromatic heterocycles. The molecule has 2 N–H and O–H groups in total. The normalized spacial score (nSPS) is 15.0. The standard InChI is InChI=1S/C28H32N6O4/c1-28(2,37)18-33-14-12-25(32-33)31-27(36)23(15-19-7-3-4-8-19)34-26(35)16-20(17-30-34)38-24-11-5-10-22-21(24)9-6-13-29-22/h5-6,9-14,16-17,19,23,37H,3-4,7-8,15,18H2,1-2H3,(H,31,32,36). The summed E-state index contributed by atoms with van der Waals surface area (Å²) in [5.74, 6) is 1.19. The van der Waals surface area contributed by atoms with Gasteiger partial charge in [-0.25, -0.2) is 4.68 Å². The predicted octanol–water partition coefficient (Wildman–Crippen LogP) is 4.31. The first kappa shape index (κ1) is 25.6. The van der Waals surface area contributed by atoms with Gasteiger partial charge in [0.15, 0.2) is 11.6 Å². The number of pyridine rings is 1. The summed E-state index contributed by atoms with van der Waals surface area (Å²) in [6, 6.07) is 11.5. The number of hydrogen-bond acceptors (Lipinski definition) is 7. The maximum absolute atomic E-state index is 13.4. The highest BCUT2D eigenvalue weighted by atomic mass is 16.5. The van der Waals surface area contributed by atoms with Gasteiger partial charge in [0.05, 0.1) is 23.9 Å². The number of ether oxygens (including phenoxy) is 1. The van der Waals surface area contributed by atoms with E-state index in [1.54, 1.807) is 37.0 Å². The van der Waals surface area contributed by atoms with E-state index < -0.39 is 17.2 Å². The molecule has 0 spiro atoms. The van der Waals surface area contributed by atoms with Crippen molar-refractivity contribution in [3.63, 3.8) is 0 Å². The summed E-state index contributed by atoms with van der Waals surface area (Å²) in [6.07, 6.45) is 9.66. The Kier molecular flexibility index (Phi) is 7.24. The summed E-state index contributed by atoms with van der Waals surface area (Å²) in [7, 11) is 0. The molecule has 1 unspecified atom stereocenters. The highest BCUT2D eigenvalue weighted by Gasteiger charge is 2.29. The highest BCUT2D eigenvalue weighted by molar-refractivity contribution is 5.92. The van der Waals surface area contributed by atoms with Crippen molar-refractivity contribution in [2.75, 3.05) is 5.32 Å². The SMILES string of the molecule is CC(C)(O)Cn1ccc(NC(=O)C(CC2CCCC2)n2ncc(Oc3cccc4ncccc34)cc2=O)n1. The number of carbonyl (C=O) groups is 1. The molecule has 5 rings (SSSR count). The van der Waals surface area contributed by atoms with E-state index in [0.29, 0.717) is 23.9 Å². The maximum atomic E-state index is 13.4. The van der Waals surface area contributed by atoms with Gasteiger partial charge in [0.25, 0.3) is 11.5 Å². The van der Waals surface area contributed by atoms with Crippen LogP contribution in [0.25, 0.3) is 10.9 Å². The second kappa shape index (κ2) is 10.7. The van der Waals surface area contributed by atoms with Gasteiger partial charge in [-0.05, 0) is 50.5 Å². The van der Waals surface area contributed by atoms with Crippen molar-refractivity contribution in [1.82, 2.24) is 24.5 Å². The van der Waals surface area contributed by atoms with Crippen LogP contribution < -0.4 is 15.6 Å². The molecule has 1 amide bonds. The Bertz CT molecular complexity index is 1480. The van der Waals surface area contributed by atoms with Crippen LogP contribution in [0.15, 0.2) is 65.8 Å². The van der Waals surface area contributed by atoms with Crippen molar-refractivity contribution >= 4 is 22.6 Å². The molecule has 198 valence electrons. The number of anilines is 1. The van der Waals surface area contributed by atoms with Crippen molar-refractivity contribution in [1.29, 1.82) is 0 Å². The molecule has 0 aliphatic heterocycles. The summed E-state index contributed by atoms with van der Waals surface area (Å²) in [4.78, 5) is 31.0.